The molecule has 17 heavy (non-hydrogen) atoms. The fourth-order valence-corrected chi connectivity index (χ4v) is 1.57. The molecular formula is C9H9N3O4S. The highest BCUT2D eigenvalue weighted by Gasteiger charge is 2.22. The molecule has 1 aromatic carbocycles. The third-order valence-corrected chi connectivity index (χ3v) is 2.22. The molecule has 0 saturated carbocycles. The summed E-state index contributed by atoms with van der Waals surface area (Å²) < 4.78 is 10.6. The van der Waals surface area contributed by atoms with E-state index in [1.54, 1.807) is 0 Å². The summed E-state index contributed by atoms with van der Waals surface area (Å²) in [5.41, 5.74) is 5.32. The highest BCUT2D eigenvalue weighted by molar-refractivity contribution is 7.80. The Morgan fingerprint density at radius 2 is 2.00 bits per heavy atom. The highest BCUT2D eigenvalue weighted by atomic mass is 32.1. The van der Waals surface area contributed by atoms with Gasteiger partial charge in [0.15, 0.2) is 16.6 Å². The van der Waals surface area contributed by atoms with E-state index in [-0.39, 0.29) is 16.5 Å². The van der Waals surface area contributed by atoms with E-state index in [9.17, 15) is 10.1 Å². The van der Waals surface area contributed by atoms with Crippen LogP contribution in [-0.4, -0.2) is 23.2 Å². The van der Waals surface area contributed by atoms with Crippen molar-refractivity contribution in [3.05, 3.63) is 22.2 Å². The molecule has 0 radical (unpaired) electrons. The molecule has 0 unspecified atom stereocenters. The third-order valence-electron chi connectivity index (χ3n) is 2.12. The number of thiocarbonyl (C=S) groups is 1. The van der Waals surface area contributed by atoms with E-state index in [0.717, 1.165) is 0 Å². The van der Waals surface area contributed by atoms with Gasteiger partial charge in [-0.3, -0.25) is 10.1 Å². The van der Waals surface area contributed by atoms with Crippen LogP contribution in [0.25, 0.3) is 0 Å². The number of ether oxygens (including phenoxy) is 2. The number of hydrogen-bond donors (Lipinski definition) is 2. The van der Waals surface area contributed by atoms with E-state index in [1.807, 2.05) is 0 Å². The average molecular weight is 255 g/mol. The van der Waals surface area contributed by atoms with Crippen molar-refractivity contribution in [3.8, 4) is 11.5 Å². The van der Waals surface area contributed by atoms with Crippen LogP contribution in [0, 0.1) is 10.1 Å². The van der Waals surface area contributed by atoms with Crippen LogP contribution >= 0.6 is 12.2 Å². The smallest absolute Gasteiger partial charge is 0.296 e. The summed E-state index contributed by atoms with van der Waals surface area (Å²) in [6.45, 7) is 0.767. The molecule has 0 saturated heterocycles. The molecule has 7 nitrogen and oxygen atoms in total. The van der Waals surface area contributed by atoms with Crippen molar-refractivity contribution < 1.29 is 14.4 Å². The maximum absolute atomic E-state index is 10.9. The Kier molecular flexibility index (Phi) is 2.96. The first kappa shape index (κ1) is 11.4. The SMILES string of the molecule is NC(=S)Nc1cc2c(cc1[N+](=O)[O-])OCCO2. The van der Waals surface area contributed by atoms with Gasteiger partial charge in [-0.25, -0.2) is 0 Å². The van der Waals surface area contributed by atoms with Crippen LogP contribution in [0.4, 0.5) is 11.4 Å². The minimum Gasteiger partial charge on any atom is -0.486 e. The second kappa shape index (κ2) is 4.42. The zero-order valence-electron chi connectivity index (χ0n) is 8.63. The van der Waals surface area contributed by atoms with E-state index >= 15 is 0 Å². The third kappa shape index (κ3) is 2.36. The van der Waals surface area contributed by atoms with Crippen LogP contribution in [-0.2, 0) is 0 Å². The highest BCUT2D eigenvalue weighted by Crippen LogP contribution is 2.39. The van der Waals surface area contributed by atoms with Crippen molar-refractivity contribution in [3.63, 3.8) is 0 Å². The van der Waals surface area contributed by atoms with Gasteiger partial charge in [-0.1, -0.05) is 0 Å². The van der Waals surface area contributed by atoms with Gasteiger partial charge in [0.2, 0.25) is 0 Å². The molecule has 0 amide bonds. The topological polar surface area (TPSA) is 99.7 Å². The van der Waals surface area contributed by atoms with Crippen molar-refractivity contribution in [2.24, 2.45) is 5.73 Å². The first-order valence-corrected chi connectivity index (χ1v) is 5.13. The number of nitrogens with two attached hydrogens (primary N) is 1. The lowest BCUT2D eigenvalue weighted by Gasteiger charge is -2.19. The van der Waals surface area contributed by atoms with E-state index in [1.165, 1.54) is 12.1 Å². The quantitative estimate of drug-likeness (QED) is 0.462. The summed E-state index contributed by atoms with van der Waals surface area (Å²) >= 11 is 4.65. The van der Waals surface area contributed by atoms with Crippen LogP contribution in [0.1, 0.15) is 0 Å². The summed E-state index contributed by atoms with van der Waals surface area (Å²) in [5, 5.41) is 13.4. The molecule has 1 aromatic rings. The van der Waals surface area contributed by atoms with E-state index in [0.29, 0.717) is 24.7 Å². The molecular weight excluding hydrogens is 246 g/mol. The number of anilines is 1. The minimum atomic E-state index is -0.543. The monoisotopic (exact) mass is 255 g/mol. The number of benzene rings is 1. The number of hydrogen-bond acceptors (Lipinski definition) is 5. The molecule has 0 fully saturated rings. The van der Waals surface area contributed by atoms with Crippen molar-refractivity contribution >= 4 is 28.7 Å². The van der Waals surface area contributed by atoms with Crippen molar-refractivity contribution in [1.29, 1.82) is 0 Å². The second-order valence-electron chi connectivity index (χ2n) is 3.26. The standard InChI is InChI=1S/C9H9N3O4S/c10-9(17)11-5-3-7-8(16-2-1-15-7)4-6(5)12(13)14/h3-4H,1-2H2,(H3,10,11,17). The largest absolute Gasteiger partial charge is 0.486 e. The first-order chi connectivity index (χ1) is 8.08. The van der Waals surface area contributed by atoms with Crippen LogP contribution in [0.15, 0.2) is 12.1 Å². The van der Waals surface area contributed by atoms with Gasteiger partial charge in [0.05, 0.1) is 11.0 Å². The molecule has 0 aromatic heterocycles. The number of rotatable bonds is 2. The lowest BCUT2D eigenvalue weighted by atomic mass is 10.2. The zero-order chi connectivity index (χ0) is 12.4. The van der Waals surface area contributed by atoms with Gasteiger partial charge >= 0.3 is 0 Å². The van der Waals surface area contributed by atoms with Gasteiger partial charge in [-0.15, -0.1) is 0 Å². The number of nitrogens with zero attached hydrogens (tertiary/aromatic N) is 1. The maximum atomic E-state index is 10.9. The lowest BCUT2D eigenvalue weighted by Crippen LogP contribution is -2.21. The molecule has 0 bridgehead atoms. The van der Waals surface area contributed by atoms with Crippen molar-refractivity contribution in [1.82, 2.24) is 0 Å². The molecule has 0 atom stereocenters. The van der Waals surface area contributed by atoms with Gasteiger partial charge < -0.3 is 20.5 Å². The molecule has 0 aliphatic carbocycles. The normalized spacial score (nSPS) is 12.9. The Balaban J connectivity index is 2.47. The van der Waals surface area contributed by atoms with Gasteiger partial charge in [0.25, 0.3) is 5.69 Å². The van der Waals surface area contributed by atoms with Crippen LogP contribution < -0.4 is 20.5 Å². The van der Waals surface area contributed by atoms with Gasteiger partial charge in [-0.2, -0.15) is 0 Å². The molecule has 1 aliphatic rings. The fraction of sp³-hybridized carbons (Fsp3) is 0.222. The molecule has 3 N–H and O–H groups in total. The first-order valence-electron chi connectivity index (χ1n) is 4.72. The molecule has 0 spiro atoms. The second-order valence-corrected chi connectivity index (χ2v) is 3.70. The van der Waals surface area contributed by atoms with Crippen LogP contribution in [0.2, 0.25) is 0 Å². The van der Waals surface area contributed by atoms with E-state index in [2.05, 4.69) is 17.5 Å². The summed E-state index contributed by atoms with van der Waals surface area (Å²) in [4.78, 5) is 10.3. The Labute approximate surface area is 102 Å². The summed E-state index contributed by atoms with van der Waals surface area (Å²) in [6.07, 6.45) is 0. The Morgan fingerprint density at radius 1 is 1.41 bits per heavy atom. The zero-order valence-corrected chi connectivity index (χ0v) is 9.45. The summed E-state index contributed by atoms with van der Waals surface area (Å²) in [6, 6.07) is 2.74. The van der Waals surface area contributed by atoms with Crippen molar-refractivity contribution in [2.45, 2.75) is 0 Å². The molecule has 8 heteroatoms. The molecule has 2 rings (SSSR count). The van der Waals surface area contributed by atoms with Crippen LogP contribution in [0.3, 0.4) is 0 Å². The van der Waals surface area contributed by atoms with Gasteiger partial charge in [-0.05, 0) is 12.2 Å². The summed E-state index contributed by atoms with van der Waals surface area (Å²) in [5.74, 6) is 0.775. The van der Waals surface area contributed by atoms with Gasteiger partial charge in [0.1, 0.15) is 18.9 Å². The lowest BCUT2D eigenvalue weighted by molar-refractivity contribution is -0.384. The number of nitrogens with one attached hydrogen (secondary N) is 1. The van der Waals surface area contributed by atoms with Gasteiger partial charge in [0, 0.05) is 6.07 Å². The number of nitro benzene ring substituents is 1. The van der Waals surface area contributed by atoms with Crippen LogP contribution in [0.5, 0.6) is 11.5 Å². The Bertz CT molecular complexity index is 491. The number of fused-ring (bicyclic) bond motifs is 1. The number of nitro groups is 1. The predicted octanol–water partition coefficient (Wildman–Crippen LogP) is 1.02. The maximum Gasteiger partial charge on any atom is 0.296 e. The fourth-order valence-electron chi connectivity index (χ4n) is 1.46. The Hall–Kier alpha value is -2.09. The minimum absolute atomic E-state index is 0.0511. The van der Waals surface area contributed by atoms with Crippen molar-refractivity contribution in [2.75, 3.05) is 18.5 Å². The molecule has 1 heterocycles. The Morgan fingerprint density at radius 3 is 2.53 bits per heavy atom. The molecule has 90 valence electrons. The summed E-state index contributed by atoms with van der Waals surface area (Å²) in [7, 11) is 0. The predicted molar refractivity (Wildman–Crippen MR) is 64.5 cm³/mol. The van der Waals surface area contributed by atoms with E-state index in [4.69, 9.17) is 15.2 Å². The molecule has 1 aliphatic heterocycles. The van der Waals surface area contributed by atoms with E-state index < -0.39 is 4.92 Å². The average Bonchev–Trinajstić information content (AvgIpc) is 2.27.